The van der Waals surface area contributed by atoms with Crippen LogP contribution in [0.2, 0.25) is 0 Å². The highest BCUT2D eigenvalue weighted by atomic mass is 32.2. The number of benzene rings is 1. The first-order valence-electron chi connectivity index (χ1n) is 6.89. The fraction of sp³-hybridized carbons (Fsp3) is 0.533. The van der Waals surface area contributed by atoms with Gasteiger partial charge in [0.15, 0.2) is 0 Å². The van der Waals surface area contributed by atoms with Crippen molar-refractivity contribution in [3.8, 4) is 0 Å². The van der Waals surface area contributed by atoms with Crippen LogP contribution in [-0.2, 0) is 0 Å². The van der Waals surface area contributed by atoms with Crippen LogP contribution >= 0.6 is 11.8 Å². The van der Waals surface area contributed by atoms with Crippen molar-refractivity contribution in [1.82, 2.24) is 5.32 Å². The van der Waals surface area contributed by atoms with Crippen molar-refractivity contribution < 1.29 is 4.79 Å². The third-order valence-electron chi connectivity index (χ3n) is 3.52. The molecule has 19 heavy (non-hydrogen) atoms. The fourth-order valence-corrected chi connectivity index (χ4v) is 3.58. The molecule has 0 saturated carbocycles. The molecule has 1 unspecified atom stereocenters. The maximum absolute atomic E-state index is 12.2. The monoisotopic (exact) mass is 278 g/mol. The van der Waals surface area contributed by atoms with Gasteiger partial charge in [0.1, 0.15) is 0 Å². The standard InChI is InChI=1S/C15H22N2OS/c1-11-9-12(16-2)6-7-14(11)15(18)17-10-13-5-3-4-8-19-13/h6-7,9,13,16H,3-5,8,10H2,1-2H3,(H,17,18). The maximum Gasteiger partial charge on any atom is 0.251 e. The van der Waals surface area contributed by atoms with E-state index in [0.717, 1.165) is 23.4 Å². The lowest BCUT2D eigenvalue weighted by Crippen LogP contribution is -2.32. The Balaban J connectivity index is 1.92. The molecule has 1 fully saturated rings. The van der Waals surface area contributed by atoms with Crippen molar-refractivity contribution in [3.05, 3.63) is 29.3 Å². The van der Waals surface area contributed by atoms with E-state index in [1.165, 1.54) is 25.0 Å². The molecule has 4 heteroatoms. The number of aryl methyl sites for hydroxylation is 1. The number of hydrogen-bond acceptors (Lipinski definition) is 3. The SMILES string of the molecule is CNc1ccc(C(=O)NCC2CCCCS2)c(C)c1. The topological polar surface area (TPSA) is 41.1 Å². The van der Waals surface area contributed by atoms with Gasteiger partial charge in [0, 0.05) is 30.1 Å². The molecule has 3 nitrogen and oxygen atoms in total. The second-order valence-corrected chi connectivity index (χ2v) is 6.39. The van der Waals surface area contributed by atoms with E-state index in [4.69, 9.17) is 0 Å². The molecule has 1 amide bonds. The number of nitrogens with one attached hydrogen (secondary N) is 2. The first-order chi connectivity index (χ1) is 9.20. The molecule has 0 aromatic heterocycles. The molecule has 0 bridgehead atoms. The molecule has 1 saturated heterocycles. The van der Waals surface area contributed by atoms with Crippen molar-refractivity contribution in [2.45, 2.75) is 31.4 Å². The highest BCUT2D eigenvalue weighted by Crippen LogP contribution is 2.24. The van der Waals surface area contributed by atoms with Gasteiger partial charge in [0.05, 0.1) is 0 Å². The minimum absolute atomic E-state index is 0.0475. The second kappa shape index (κ2) is 6.85. The third-order valence-corrected chi connectivity index (χ3v) is 4.92. The molecule has 1 aromatic rings. The lowest BCUT2D eigenvalue weighted by molar-refractivity contribution is 0.0953. The summed E-state index contributed by atoms with van der Waals surface area (Å²) in [6.07, 6.45) is 3.84. The van der Waals surface area contributed by atoms with Crippen LogP contribution in [0.4, 0.5) is 5.69 Å². The minimum atomic E-state index is 0.0475. The zero-order valence-corrected chi connectivity index (χ0v) is 12.5. The molecular formula is C15H22N2OS. The predicted octanol–water partition coefficient (Wildman–Crippen LogP) is 3.05. The van der Waals surface area contributed by atoms with Crippen LogP contribution in [0.25, 0.3) is 0 Å². The number of amides is 1. The Morgan fingerprint density at radius 1 is 1.42 bits per heavy atom. The minimum Gasteiger partial charge on any atom is -0.388 e. The molecule has 2 rings (SSSR count). The number of carbonyl (C=O) groups excluding carboxylic acids is 1. The van der Waals surface area contributed by atoms with E-state index in [1.807, 2.05) is 43.9 Å². The van der Waals surface area contributed by atoms with E-state index >= 15 is 0 Å². The molecule has 1 aliphatic rings. The number of rotatable bonds is 4. The van der Waals surface area contributed by atoms with Crippen LogP contribution in [0, 0.1) is 6.92 Å². The summed E-state index contributed by atoms with van der Waals surface area (Å²) in [5.74, 6) is 1.28. The van der Waals surface area contributed by atoms with Gasteiger partial charge in [0.25, 0.3) is 5.91 Å². The number of hydrogen-bond donors (Lipinski definition) is 2. The van der Waals surface area contributed by atoms with Gasteiger partial charge in [-0.25, -0.2) is 0 Å². The van der Waals surface area contributed by atoms with Gasteiger partial charge in [-0.05, 0) is 49.3 Å². The van der Waals surface area contributed by atoms with Crippen LogP contribution in [0.1, 0.15) is 35.2 Å². The van der Waals surface area contributed by atoms with Gasteiger partial charge in [-0.2, -0.15) is 11.8 Å². The zero-order valence-electron chi connectivity index (χ0n) is 11.7. The van der Waals surface area contributed by atoms with Gasteiger partial charge in [-0.15, -0.1) is 0 Å². The van der Waals surface area contributed by atoms with E-state index in [2.05, 4.69) is 10.6 Å². The normalized spacial score (nSPS) is 18.9. The summed E-state index contributed by atoms with van der Waals surface area (Å²) in [6.45, 7) is 2.77. The summed E-state index contributed by atoms with van der Waals surface area (Å²) in [4.78, 5) is 12.2. The Morgan fingerprint density at radius 2 is 2.26 bits per heavy atom. The highest BCUT2D eigenvalue weighted by Gasteiger charge is 2.16. The number of anilines is 1. The van der Waals surface area contributed by atoms with E-state index in [1.54, 1.807) is 0 Å². The average Bonchev–Trinajstić information content (AvgIpc) is 2.45. The molecule has 1 aromatic carbocycles. The van der Waals surface area contributed by atoms with Gasteiger partial charge in [-0.1, -0.05) is 6.42 Å². The Labute approximate surface area is 119 Å². The molecule has 0 aliphatic carbocycles. The smallest absolute Gasteiger partial charge is 0.251 e. The molecule has 1 atom stereocenters. The Morgan fingerprint density at radius 3 is 2.89 bits per heavy atom. The van der Waals surface area contributed by atoms with Crippen LogP contribution in [0.5, 0.6) is 0 Å². The van der Waals surface area contributed by atoms with Gasteiger partial charge in [-0.3, -0.25) is 4.79 Å². The Kier molecular flexibility index (Phi) is 5.14. The van der Waals surface area contributed by atoms with Crippen molar-refractivity contribution >= 4 is 23.4 Å². The van der Waals surface area contributed by atoms with Crippen LogP contribution in [0.3, 0.4) is 0 Å². The summed E-state index contributed by atoms with van der Waals surface area (Å²) >= 11 is 1.99. The molecule has 0 spiro atoms. The first-order valence-corrected chi connectivity index (χ1v) is 7.94. The van der Waals surface area contributed by atoms with Crippen LogP contribution in [0.15, 0.2) is 18.2 Å². The quantitative estimate of drug-likeness (QED) is 0.889. The van der Waals surface area contributed by atoms with Crippen molar-refractivity contribution in [2.75, 3.05) is 24.7 Å². The van der Waals surface area contributed by atoms with E-state index < -0.39 is 0 Å². The van der Waals surface area contributed by atoms with Crippen molar-refractivity contribution in [1.29, 1.82) is 0 Å². The molecule has 2 N–H and O–H groups in total. The average molecular weight is 278 g/mol. The lowest BCUT2D eigenvalue weighted by atomic mass is 10.1. The van der Waals surface area contributed by atoms with E-state index in [9.17, 15) is 4.79 Å². The summed E-state index contributed by atoms with van der Waals surface area (Å²) in [6, 6.07) is 5.84. The van der Waals surface area contributed by atoms with Crippen LogP contribution < -0.4 is 10.6 Å². The van der Waals surface area contributed by atoms with Gasteiger partial charge < -0.3 is 10.6 Å². The predicted molar refractivity (Wildman–Crippen MR) is 83.2 cm³/mol. The lowest BCUT2D eigenvalue weighted by Gasteiger charge is -2.21. The zero-order chi connectivity index (χ0) is 13.7. The number of thioether (sulfide) groups is 1. The van der Waals surface area contributed by atoms with Crippen molar-refractivity contribution in [3.63, 3.8) is 0 Å². The molecule has 1 heterocycles. The molecular weight excluding hydrogens is 256 g/mol. The van der Waals surface area contributed by atoms with E-state index in [0.29, 0.717) is 5.25 Å². The molecule has 1 aliphatic heterocycles. The van der Waals surface area contributed by atoms with Gasteiger partial charge >= 0.3 is 0 Å². The summed E-state index contributed by atoms with van der Waals surface area (Å²) in [7, 11) is 1.88. The van der Waals surface area contributed by atoms with E-state index in [-0.39, 0.29) is 5.91 Å². The fourth-order valence-electron chi connectivity index (χ4n) is 2.34. The van der Waals surface area contributed by atoms with Crippen LogP contribution in [-0.4, -0.2) is 30.5 Å². The third kappa shape index (κ3) is 3.90. The summed E-state index contributed by atoms with van der Waals surface area (Å²) < 4.78 is 0. The number of carbonyl (C=O) groups is 1. The highest BCUT2D eigenvalue weighted by molar-refractivity contribution is 7.99. The first kappa shape index (κ1) is 14.3. The maximum atomic E-state index is 12.2. The largest absolute Gasteiger partial charge is 0.388 e. The molecule has 0 radical (unpaired) electrons. The Hall–Kier alpha value is -1.16. The van der Waals surface area contributed by atoms with Crippen molar-refractivity contribution in [2.24, 2.45) is 0 Å². The second-order valence-electron chi connectivity index (χ2n) is 4.98. The molecule has 104 valence electrons. The Bertz CT molecular complexity index is 442. The summed E-state index contributed by atoms with van der Waals surface area (Å²) in [5.41, 5.74) is 2.83. The summed E-state index contributed by atoms with van der Waals surface area (Å²) in [5, 5.41) is 6.74. The van der Waals surface area contributed by atoms with Gasteiger partial charge in [0.2, 0.25) is 0 Å².